The van der Waals surface area contributed by atoms with Crippen molar-refractivity contribution in [2.45, 2.75) is 11.1 Å². The van der Waals surface area contributed by atoms with Gasteiger partial charge in [-0.2, -0.15) is 0 Å². The molecule has 0 saturated heterocycles. The maximum atomic E-state index is 13.5. The first-order chi connectivity index (χ1) is 9.78. The average molecular weight is 393 g/mol. The fourth-order valence-corrected chi connectivity index (χ4v) is 4.58. The third-order valence-corrected chi connectivity index (χ3v) is 5.84. The molecule has 0 aliphatic heterocycles. The molecule has 0 saturated carbocycles. The number of anilines is 2. The lowest BCUT2D eigenvalue weighted by Gasteiger charge is -2.09. The molecule has 0 bridgehead atoms. The van der Waals surface area contributed by atoms with Crippen LogP contribution in [0.4, 0.5) is 15.8 Å². The molecule has 2 aromatic rings. The van der Waals surface area contributed by atoms with Crippen LogP contribution in [0.15, 0.2) is 38.3 Å². The summed E-state index contributed by atoms with van der Waals surface area (Å²) in [5, 5.41) is 2.29. The van der Waals surface area contributed by atoms with Crippen molar-refractivity contribution < 1.29 is 17.6 Å². The van der Waals surface area contributed by atoms with Crippen LogP contribution in [0.3, 0.4) is 0 Å². The first-order valence-corrected chi connectivity index (χ1v) is 8.72. The summed E-state index contributed by atoms with van der Waals surface area (Å²) >= 11 is 4.24. The SMILES string of the molecule is CC(=O)Nc1cc(NS(=O)(=O)c2ccc(Br)s2)ccc1F. The van der Waals surface area contributed by atoms with Crippen molar-refractivity contribution in [2.75, 3.05) is 10.0 Å². The number of hydrogen-bond donors (Lipinski definition) is 2. The standard InChI is InChI=1S/C12H10BrFN2O3S2/c1-7(17)15-10-6-8(2-3-9(10)14)16-21(18,19)12-5-4-11(13)20-12/h2-6,16H,1H3,(H,15,17). The number of thiophene rings is 1. The fraction of sp³-hybridized carbons (Fsp3) is 0.0833. The Morgan fingerprint density at radius 2 is 2.00 bits per heavy atom. The fourth-order valence-electron chi connectivity index (χ4n) is 1.52. The molecule has 0 fully saturated rings. The molecule has 1 aromatic heterocycles. The second-order valence-corrected chi connectivity index (χ2v) is 8.41. The maximum Gasteiger partial charge on any atom is 0.271 e. The molecule has 1 heterocycles. The molecular formula is C12H10BrFN2O3S2. The molecular weight excluding hydrogens is 383 g/mol. The minimum atomic E-state index is -3.75. The van der Waals surface area contributed by atoms with Gasteiger partial charge in [0.15, 0.2) is 0 Å². The Bertz CT molecular complexity index is 790. The molecule has 0 radical (unpaired) electrons. The van der Waals surface area contributed by atoms with Crippen molar-refractivity contribution in [1.29, 1.82) is 0 Å². The number of nitrogens with one attached hydrogen (secondary N) is 2. The van der Waals surface area contributed by atoms with Gasteiger partial charge in [0.2, 0.25) is 5.91 Å². The van der Waals surface area contributed by atoms with Crippen LogP contribution in [-0.2, 0) is 14.8 Å². The highest BCUT2D eigenvalue weighted by atomic mass is 79.9. The van der Waals surface area contributed by atoms with E-state index in [1.807, 2.05) is 0 Å². The van der Waals surface area contributed by atoms with Crippen molar-refractivity contribution in [3.63, 3.8) is 0 Å². The van der Waals surface area contributed by atoms with Crippen LogP contribution < -0.4 is 10.0 Å². The van der Waals surface area contributed by atoms with Crippen LogP contribution in [0.1, 0.15) is 6.92 Å². The van der Waals surface area contributed by atoms with Gasteiger partial charge in [-0.15, -0.1) is 11.3 Å². The third-order valence-electron chi connectivity index (χ3n) is 2.34. The first kappa shape index (κ1) is 15.9. The number of halogens is 2. The lowest BCUT2D eigenvalue weighted by molar-refractivity contribution is -0.114. The van der Waals surface area contributed by atoms with E-state index >= 15 is 0 Å². The summed E-state index contributed by atoms with van der Waals surface area (Å²) in [7, 11) is -3.75. The summed E-state index contributed by atoms with van der Waals surface area (Å²) in [5.41, 5.74) is 0.0692. The first-order valence-electron chi connectivity index (χ1n) is 5.63. The van der Waals surface area contributed by atoms with Gasteiger partial charge in [0.1, 0.15) is 10.0 Å². The predicted molar refractivity (Wildman–Crippen MR) is 83.5 cm³/mol. The number of sulfonamides is 1. The molecule has 0 unspecified atom stereocenters. The normalized spacial score (nSPS) is 11.2. The second-order valence-electron chi connectivity index (χ2n) is 4.04. The number of benzene rings is 1. The Kier molecular flexibility index (Phi) is 4.64. The Labute approximate surface area is 133 Å². The molecule has 0 aliphatic rings. The van der Waals surface area contributed by atoms with E-state index in [9.17, 15) is 17.6 Å². The summed E-state index contributed by atoms with van der Waals surface area (Å²) < 4.78 is 40.9. The summed E-state index contributed by atoms with van der Waals surface area (Å²) in [4.78, 5) is 11.0. The Morgan fingerprint density at radius 1 is 1.29 bits per heavy atom. The van der Waals surface area contributed by atoms with Crippen molar-refractivity contribution >= 4 is 54.6 Å². The van der Waals surface area contributed by atoms with Gasteiger partial charge in [0, 0.05) is 6.92 Å². The highest BCUT2D eigenvalue weighted by Gasteiger charge is 2.17. The topological polar surface area (TPSA) is 75.3 Å². The summed E-state index contributed by atoms with van der Waals surface area (Å²) in [6, 6.07) is 6.65. The number of amides is 1. The number of carbonyl (C=O) groups is 1. The Morgan fingerprint density at radius 3 is 2.57 bits per heavy atom. The third kappa shape index (κ3) is 4.02. The number of rotatable bonds is 4. The largest absolute Gasteiger partial charge is 0.324 e. The van der Waals surface area contributed by atoms with E-state index in [1.165, 1.54) is 25.1 Å². The summed E-state index contributed by atoms with van der Waals surface area (Å²) in [6.07, 6.45) is 0. The van der Waals surface area contributed by atoms with Crippen LogP contribution in [-0.4, -0.2) is 14.3 Å². The monoisotopic (exact) mass is 392 g/mol. The molecule has 1 aromatic carbocycles. The van der Waals surface area contributed by atoms with E-state index in [4.69, 9.17) is 0 Å². The summed E-state index contributed by atoms with van der Waals surface area (Å²) in [6.45, 7) is 1.24. The molecule has 2 rings (SSSR count). The van der Waals surface area contributed by atoms with Crippen molar-refractivity contribution in [3.05, 3.63) is 39.9 Å². The zero-order valence-electron chi connectivity index (χ0n) is 10.7. The van der Waals surface area contributed by atoms with E-state index in [0.717, 1.165) is 17.4 Å². The number of hydrogen-bond acceptors (Lipinski definition) is 4. The van der Waals surface area contributed by atoms with E-state index in [2.05, 4.69) is 26.0 Å². The average Bonchev–Trinajstić information content (AvgIpc) is 2.80. The quantitative estimate of drug-likeness (QED) is 0.836. The van der Waals surface area contributed by atoms with Crippen molar-refractivity contribution in [3.8, 4) is 0 Å². The van der Waals surface area contributed by atoms with Gasteiger partial charge in [-0.25, -0.2) is 12.8 Å². The van der Waals surface area contributed by atoms with Gasteiger partial charge in [-0.05, 0) is 46.3 Å². The van der Waals surface area contributed by atoms with Crippen LogP contribution in [0, 0.1) is 5.82 Å². The van der Waals surface area contributed by atoms with Crippen LogP contribution in [0.5, 0.6) is 0 Å². The zero-order valence-corrected chi connectivity index (χ0v) is 13.9. The molecule has 0 atom stereocenters. The van der Waals surface area contributed by atoms with Gasteiger partial charge in [0.05, 0.1) is 15.2 Å². The van der Waals surface area contributed by atoms with E-state index < -0.39 is 21.7 Å². The minimum Gasteiger partial charge on any atom is -0.324 e. The van der Waals surface area contributed by atoms with Gasteiger partial charge in [-0.1, -0.05) is 0 Å². The van der Waals surface area contributed by atoms with E-state index in [0.29, 0.717) is 3.79 Å². The van der Waals surface area contributed by atoms with Crippen molar-refractivity contribution in [1.82, 2.24) is 0 Å². The predicted octanol–water partition coefficient (Wildman–Crippen LogP) is 3.41. The lowest BCUT2D eigenvalue weighted by atomic mass is 10.2. The molecule has 21 heavy (non-hydrogen) atoms. The second kappa shape index (κ2) is 6.12. The lowest BCUT2D eigenvalue weighted by Crippen LogP contribution is -2.13. The van der Waals surface area contributed by atoms with Gasteiger partial charge in [0.25, 0.3) is 10.0 Å². The Balaban J connectivity index is 2.29. The van der Waals surface area contributed by atoms with Crippen molar-refractivity contribution in [2.24, 2.45) is 0 Å². The highest BCUT2D eigenvalue weighted by molar-refractivity contribution is 9.11. The van der Waals surface area contributed by atoms with Crippen LogP contribution in [0.25, 0.3) is 0 Å². The smallest absolute Gasteiger partial charge is 0.271 e. The Hall–Kier alpha value is -1.45. The van der Waals surface area contributed by atoms with Gasteiger partial charge >= 0.3 is 0 Å². The molecule has 0 spiro atoms. The number of carbonyl (C=O) groups excluding carboxylic acids is 1. The summed E-state index contributed by atoms with van der Waals surface area (Å²) in [5.74, 6) is -1.09. The molecule has 5 nitrogen and oxygen atoms in total. The maximum absolute atomic E-state index is 13.5. The highest BCUT2D eigenvalue weighted by Crippen LogP contribution is 2.28. The van der Waals surface area contributed by atoms with E-state index in [1.54, 1.807) is 6.07 Å². The van der Waals surface area contributed by atoms with Crippen LogP contribution in [0.2, 0.25) is 0 Å². The molecule has 9 heteroatoms. The molecule has 2 N–H and O–H groups in total. The van der Waals surface area contributed by atoms with E-state index in [-0.39, 0.29) is 15.6 Å². The minimum absolute atomic E-state index is 0.0879. The molecule has 1 amide bonds. The molecule has 0 aliphatic carbocycles. The van der Waals surface area contributed by atoms with Gasteiger partial charge < -0.3 is 5.32 Å². The molecule has 112 valence electrons. The van der Waals surface area contributed by atoms with Crippen LogP contribution >= 0.6 is 27.3 Å². The zero-order chi connectivity index (χ0) is 15.6. The van der Waals surface area contributed by atoms with Gasteiger partial charge in [-0.3, -0.25) is 9.52 Å².